The molecule has 0 saturated carbocycles. The number of aromatic nitrogens is 1. The second kappa shape index (κ2) is 11.1. The molecule has 0 aliphatic carbocycles. The lowest BCUT2D eigenvalue weighted by atomic mass is 9.99. The average molecular weight is 449 g/mol. The van der Waals surface area contributed by atoms with Gasteiger partial charge in [-0.05, 0) is 48.2 Å². The van der Waals surface area contributed by atoms with Gasteiger partial charge in [0.2, 0.25) is 5.91 Å². The molecular formula is C26H28N2O5. The van der Waals surface area contributed by atoms with E-state index in [0.717, 1.165) is 0 Å². The molecule has 0 fully saturated rings. The highest BCUT2D eigenvalue weighted by molar-refractivity contribution is 5.81. The van der Waals surface area contributed by atoms with Crippen molar-refractivity contribution in [1.82, 2.24) is 9.88 Å². The summed E-state index contributed by atoms with van der Waals surface area (Å²) in [6.45, 7) is 3.93. The van der Waals surface area contributed by atoms with E-state index in [1.54, 1.807) is 42.6 Å². The minimum Gasteiger partial charge on any atom is -0.481 e. The number of nitrogens with one attached hydrogen (secondary N) is 1. The van der Waals surface area contributed by atoms with Gasteiger partial charge in [0.05, 0.1) is 12.5 Å². The molecule has 3 aromatic rings. The van der Waals surface area contributed by atoms with Gasteiger partial charge in [0.25, 0.3) is 5.56 Å². The number of benzene rings is 2. The van der Waals surface area contributed by atoms with E-state index in [2.05, 4.69) is 5.32 Å². The third-order valence-corrected chi connectivity index (χ3v) is 5.12. The summed E-state index contributed by atoms with van der Waals surface area (Å²) in [6.07, 6.45) is 1.71. The highest BCUT2D eigenvalue weighted by Gasteiger charge is 2.26. The highest BCUT2D eigenvalue weighted by Crippen LogP contribution is 2.27. The number of para-hydroxylation sites is 1. The zero-order valence-corrected chi connectivity index (χ0v) is 18.7. The first kappa shape index (κ1) is 23.8. The summed E-state index contributed by atoms with van der Waals surface area (Å²) in [7, 11) is 0. The Hall–Kier alpha value is -3.87. The number of pyridine rings is 1. The largest absolute Gasteiger partial charge is 0.481 e. The van der Waals surface area contributed by atoms with Crippen LogP contribution in [0.15, 0.2) is 83.8 Å². The minimum atomic E-state index is -1.05. The second-order valence-electron chi connectivity index (χ2n) is 8.24. The molecule has 1 heterocycles. The Kier molecular flexibility index (Phi) is 8.02. The predicted octanol–water partition coefficient (Wildman–Crippen LogP) is 4.56. The Balaban J connectivity index is 1.87. The zero-order valence-electron chi connectivity index (χ0n) is 18.7. The van der Waals surface area contributed by atoms with Crippen LogP contribution in [0.5, 0.6) is 11.5 Å². The highest BCUT2D eigenvalue weighted by atomic mass is 16.5. The van der Waals surface area contributed by atoms with Gasteiger partial charge in [0, 0.05) is 12.3 Å². The maximum absolute atomic E-state index is 13.3. The monoisotopic (exact) mass is 448 g/mol. The standard InChI is InChI=1S/C26H28N2O5/c1-18(2)15-23(28-14-7-6-13-24(28)29)26(32)27-22(17-25(30)31)19-9-8-12-21(16-19)33-20-10-4-3-5-11-20/h3-14,16,18,22-23H,15,17H2,1-2H3,(H,27,32)(H,30,31)/t22-,23?/m0/s1. The topological polar surface area (TPSA) is 97.6 Å². The molecule has 2 aromatic carbocycles. The number of rotatable bonds is 10. The summed E-state index contributed by atoms with van der Waals surface area (Å²) >= 11 is 0. The van der Waals surface area contributed by atoms with E-state index in [1.165, 1.54) is 10.6 Å². The third-order valence-electron chi connectivity index (χ3n) is 5.12. The van der Waals surface area contributed by atoms with E-state index in [0.29, 0.717) is 23.5 Å². The fourth-order valence-electron chi connectivity index (χ4n) is 3.60. The Morgan fingerprint density at radius 2 is 1.67 bits per heavy atom. The number of ether oxygens (including phenoxy) is 1. The number of carboxylic acid groups (broad SMARTS) is 1. The summed E-state index contributed by atoms with van der Waals surface area (Å²) in [5, 5.41) is 12.3. The van der Waals surface area contributed by atoms with Crippen molar-refractivity contribution in [3.05, 3.63) is 94.9 Å². The van der Waals surface area contributed by atoms with E-state index in [1.807, 2.05) is 44.2 Å². The molecule has 7 heteroatoms. The normalized spacial score (nSPS) is 12.7. The number of amides is 1. The summed E-state index contributed by atoms with van der Waals surface area (Å²) in [5.41, 5.74) is 0.314. The molecule has 2 atom stereocenters. The van der Waals surface area contributed by atoms with E-state index >= 15 is 0 Å². The fraction of sp³-hybridized carbons (Fsp3) is 0.269. The van der Waals surface area contributed by atoms with Gasteiger partial charge in [-0.25, -0.2) is 0 Å². The SMILES string of the molecule is CC(C)CC(C(=O)N[C@@H](CC(=O)O)c1cccc(Oc2ccccc2)c1)n1ccccc1=O. The first-order valence-electron chi connectivity index (χ1n) is 10.9. The van der Waals surface area contributed by atoms with Gasteiger partial charge in [0.15, 0.2) is 0 Å². The molecule has 2 N–H and O–H groups in total. The lowest BCUT2D eigenvalue weighted by Crippen LogP contribution is -2.39. The number of carbonyl (C=O) groups is 2. The van der Waals surface area contributed by atoms with Crippen LogP contribution in [0, 0.1) is 5.92 Å². The van der Waals surface area contributed by atoms with Crippen LogP contribution in [-0.2, 0) is 9.59 Å². The lowest BCUT2D eigenvalue weighted by molar-refractivity contribution is -0.138. The van der Waals surface area contributed by atoms with Crippen molar-refractivity contribution in [2.75, 3.05) is 0 Å². The first-order valence-corrected chi connectivity index (χ1v) is 10.9. The van der Waals surface area contributed by atoms with Crippen molar-refractivity contribution in [2.45, 2.75) is 38.8 Å². The quantitative estimate of drug-likeness (QED) is 0.474. The molecule has 1 amide bonds. The number of hydrogen-bond donors (Lipinski definition) is 2. The predicted molar refractivity (Wildman–Crippen MR) is 125 cm³/mol. The van der Waals surface area contributed by atoms with Crippen LogP contribution in [0.1, 0.15) is 44.3 Å². The summed E-state index contributed by atoms with van der Waals surface area (Å²) in [4.78, 5) is 37.2. The van der Waals surface area contributed by atoms with Crippen molar-refractivity contribution in [3.63, 3.8) is 0 Å². The van der Waals surface area contributed by atoms with Gasteiger partial charge in [-0.15, -0.1) is 0 Å². The van der Waals surface area contributed by atoms with Crippen molar-refractivity contribution in [1.29, 1.82) is 0 Å². The number of carboxylic acids is 1. The smallest absolute Gasteiger partial charge is 0.305 e. The molecule has 0 saturated heterocycles. The van der Waals surface area contributed by atoms with Crippen LogP contribution >= 0.6 is 0 Å². The van der Waals surface area contributed by atoms with Gasteiger partial charge in [-0.3, -0.25) is 14.4 Å². The Morgan fingerprint density at radius 3 is 2.33 bits per heavy atom. The Labute approximate surface area is 192 Å². The van der Waals surface area contributed by atoms with Gasteiger partial charge in [-0.2, -0.15) is 0 Å². The van der Waals surface area contributed by atoms with Crippen LogP contribution < -0.4 is 15.6 Å². The molecule has 0 aliphatic heterocycles. The molecule has 172 valence electrons. The average Bonchev–Trinajstić information content (AvgIpc) is 2.78. The van der Waals surface area contributed by atoms with E-state index in [4.69, 9.17) is 4.74 Å². The molecular weight excluding hydrogens is 420 g/mol. The molecule has 1 unspecified atom stereocenters. The van der Waals surface area contributed by atoms with Crippen molar-refractivity contribution in [3.8, 4) is 11.5 Å². The number of aliphatic carboxylic acids is 1. The first-order chi connectivity index (χ1) is 15.8. The second-order valence-corrected chi connectivity index (χ2v) is 8.24. The van der Waals surface area contributed by atoms with Gasteiger partial charge in [-0.1, -0.05) is 50.2 Å². The molecule has 0 bridgehead atoms. The Bertz CT molecular complexity index is 1140. The molecule has 1 aromatic heterocycles. The molecule has 0 aliphatic rings. The van der Waals surface area contributed by atoms with Crippen LogP contribution in [0.2, 0.25) is 0 Å². The molecule has 0 radical (unpaired) electrons. The van der Waals surface area contributed by atoms with E-state index in [-0.39, 0.29) is 17.9 Å². The summed E-state index contributed by atoms with van der Waals surface area (Å²) < 4.78 is 7.25. The molecule has 33 heavy (non-hydrogen) atoms. The van der Waals surface area contributed by atoms with Crippen LogP contribution in [-0.4, -0.2) is 21.6 Å². The van der Waals surface area contributed by atoms with Crippen molar-refractivity contribution < 1.29 is 19.4 Å². The number of hydrogen-bond acceptors (Lipinski definition) is 4. The van der Waals surface area contributed by atoms with E-state index < -0.39 is 24.0 Å². The molecule has 3 rings (SSSR count). The summed E-state index contributed by atoms with van der Waals surface area (Å²) in [6, 6.07) is 19.4. The van der Waals surface area contributed by atoms with Crippen LogP contribution in [0.4, 0.5) is 0 Å². The fourth-order valence-corrected chi connectivity index (χ4v) is 3.60. The van der Waals surface area contributed by atoms with E-state index in [9.17, 15) is 19.5 Å². The van der Waals surface area contributed by atoms with Gasteiger partial charge in [0.1, 0.15) is 17.5 Å². The minimum absolute atomic E-state index is 0.147. The number of carbonyl (C=O) groups excluding carboxylic acids is 1. The molecule has 0 spiro atoms. The van der Waals surface area contributed by atoms with Crippen LogP contribution in [0.3, 0.4) is 0 Å². The number of nitrogens with zero attached hydrogens (tertiary/aromatic N) is 1. The molecule has 7 nitrogen and oxygen atoms in total. The third kappa shape index (κ3) is 6.80. The van der Waals surface area contributed by atoms with Gasteiger partial charge < -0.3 is 19.7 Å². The Morgan fingerprint density at radius 1 is 0.970 bits per heavy atom. The zero-order chi connectivity index (χ0) is 23.8. The summed E-state index contributed by atoms with van der Waals surface area (Å²) in [5.74, 6) is -0.131. The van der Waals surface area contributed by atoms with Crippen LogP contribution in [0.25, 0.3) is 0 Å². The van der Waals surface area contributed by atoms with Crippen molar-refractivity contribution in [2.24, 2.45) is 5.92 Å². The maximum atomic E-state index is 13.3. The lowest BCUT2D eigenvalue weighted by Gasteiger charge is -2.25. The van der Waals surface area contributed by atoms with Gasteiger partial charge >= 0.3 is 5.97 Å². The van der Waals surface area contributed by atoms with Crippen molar-refractivity contribution >= 4 is 11.9 Å². The maximum Gasteiger partial charge on any atom is 0.305 e.